The molecule has 0 fully saturated rings. The second-order valence-corrected chi connectivity index (χ2v) is 8.44. The van der Waals surface area contributed by atoms with Gasteiger partial charge in [-0.05, 0) is 43.4 Å². The Bertz CT molecular complexity index is 1290. The number of aromatic nitrogens is 4. The first kappa shape index (κ1) is 20.9. The van der Waals surface area contributed by atoms with E-state index in [-0.39, 0.29) is 24.1 Å². The van der Waals surface area contributed by atoms with Crippen molar-refractivity contribution >= 4 is 22.5 Å². The molecule has 33 heavy (non-hydrogen) atoms. The highest BCUT2D eigenvalue weighted by Crippen LogP contribution is 2.22. The molecule has 0 radical (unpaired) electrons. The summed E-state index contributed by atoms with van der Waals surface area (Å²) in [7, 11) is 0. The van der Waals surface area contributed by atoms with Crippen LogP contribution in [-0.4, -0.2) is 31.5 Å². The molecular formula is C25H26N6O2. The minimum absolute atomic E-state index is 0.0722. The molecule has 1 unspecified atom stereocenters. The standard InChI is InChI=1S/C25H26N6O2/c32-23(27-14-20-12-18-13-26-11-10-21(18)29-20)15-31-16-28-22-9-8-19(30-24(22)25(31)33)7-6-17-4-2-1-3-5-17/h1-5,10-13,16,19,29-30H,6-9,14-15H2,(H,27,32). The first-order valence-corrected chi connectivity index (χ1v) is 11.2. The highest BCUT2D eigenvalue weighted by molar-refractivity contribution is 5.79. The summed E-state index contributed by atoms with van der Waals surface area (Å²) < 4.78 is 1.37. The molecule has 3 N–H and O–H groups in total. The summed E-state index contributed by atoms with van der Waals surface area (Å²) in [5.41, 5.74) is 4.24. The van der Waals surface area contributed by atoms with E-state index in [2.05, 4.69) is 37.7 Å². The Hall–Kier alpha value is -3.94. The van der Waals surface area contributed by atoms with Crippen molar-refractivity contribution in [1.29, 1.82) is 0 Å². The van der Waals surface area contributed by atoms with E-state index in [1.54, 1.807) is 12.4 Å². The number of aryl methyl sites for hydroxylation is 2. The van der Waals surface area contributed by atoms with Gasteiger partial charge in [0.25, 0.3) is 5.56 Å². The molecule has 8 nitrogen and oxygen atoms in total. The molecule has 168 valence electrons. The fraction of sp³-hybridized carbons (Fsp3) is 0.280. The Morgan fingerprint density at radius 2 is 2.09 bits per heavy atom. The summed E-state index contributed by atoms with van der Waals surface area (Å²) in [4.78, 5) is 37.3. The summed E-state index contributed by atoms with van der Waals surface area (Å²) >= 11 is 0. The third kappa shape index (κ3) is 4.79. The molecule has 1 amide bonds. The summed E-state index contributed by atoms with van der Waals surface area (Å²) in [6.45, 7) is 0.275. The van der Waals surface area contributed by atoms with Crippen molar-refractivity contribution in [3.8, 4) is 0 Å². The van der Waals surface area contributed by atoms with E-state index < -0.39 is 0 Å². The number of fused-ring (bicyclic) bond motifs is 2. The van der Waals surface area contributed by atoms with E-state index in [9.17, 15) is 9.59 Å². The van der Waals surface area contributed by atoms with Gasteiger partial charge in [0.15, 0.2) is 0 Å². The summed E-state index contributed by atoms with van der Waals surface area (Å²) in [6.07, 6.45) is 8.57. The smallest absolute Gasteiger partial charge is 0.277 e. The van der Waals surface area contributed by atoms with E-state index in [1.165, 1.54) is 16.5 Å². The number of pyridine rings is 1. The number of hydrogen-bond donors (Lipinski definition) is 3. The molecule has 0 spiro atoms. The van der Waals surface area contributed by atoms with E-state index >= 15 is 0 Å². The van der Waals surface area contributed by atoms with Crippen LogP contribution in [0.25, 0.3) is 10.9 Å². The van der Waals surface area contributed by atoms with Crippen LogP contribution in [0, 0.1) is 0 Å². The summed E-state index contributed by atoms with van der Waals surface area (Å²) in [5, 5.41) is 7.24. The van der Waals surface area contributed by atoms with E-state index in [0.29, 0.717) is 12.2 Å². The normalized spacial score (nSPS) is 15.1. The SMILES string of the molecule is O=C(Cn1cnc2c(c1=O)NC(CCc1ccccc1)CC2)NCc1cc2cnccc2[nH]1. The molecule has 5 rings (SSSR count). The Morgan fingerprint density at radius 3 is 2.94 bits per heavy atom. The number of carbonyl (C=O) groups excluding carboxylic acids is 1. The van der Waals surface area contributed by atoms with Gasteiger partial charge in [-0.3, -0.25) is 19.1 Å². The van der Waals surface area contributed by atoms with Crippen LogP contribution in [0.3, 0.4) is 0 Å². The number of hydrogen-bond acceptors (Lipinski definition) is 5. The fourth-order valence-corrected chi connectivity index (χ4v) is 4.29. The molecule has 1 aliphatic heterocycles. The molecule has 1 aliphatic rings. The van der Waals surface area contributed by atoms with Crippen LogP contribution in [-0.2, 0) is 30.7 Å². The van der Waals surface area contributed by atoms with Crippen LogP contribution in [0.15, 0.2) is 66.0 Å². The van der Waals surface area contributed by atoms with Crippen LogP contribution in [0.5, 0.6) is 0 Å². The average Bonchev–Trinajstić information content (AvgIpc) is 3.27. The van der Waals surface area contributed by atoms with Crippen LogP contribution in [0.2, 0.25) is 0 Å². The number of aromatic amines is 1. The van der Waals surface area contributed by atoms with Crippen molar-refractivity contribution in [3.63, 3.8) is 0 Å². The number of benzene rings is 1. The lowest BCUT2D eigenvalue weighted by Gasteiger charge is -2.26. The predicted molar refractivity (Wildman–Crippen MR) is 127 cm³/mol. The summed E-state index contributed by atoms with van der Waals surface area (Å²) in [6, 6.07) is 14.4. The van der Waals surface area contributed by atoms with Gasteiger partial charge in [-0.1, -0.05) is 30.3 Å². The highest BCUT2D eigenvalue weighted by atomic mass is 16.2. The monoisotopic (exact) mass is 442 g/mol. The molecule has 1 aromatic carbocycles. The molecule has 8 heteroatoms. The largest absolute Gasteiger partial charge is 0.376 e. The van der Waals surface area contributed by atoms with Gasteiger partial charge in [0.05, 0.1) is 18.6 Å². The Kier molecular flexibility index (Phi) is 5.89. The Labute approximate surface area is 191 Å². The van der Waals surface area contributed by atoms with Crippen LogP contribution in [0.1, 0.15) is 29.8 Å². The number of carbonyl (C=O) groups is 1. The van der Waals surface area contributed by atoms with Crippen LogP contribution in [0.4, 0.5) is 5.69 Å². The lowest BCUT2D eigenvalue weighted by Crippen LogP contribution is -2.37. The summed E-state index contributed by atoms with van der Waals surface area (Å²) in [5.74, 6) is -0.243. The number of nitrogens with zero attached hydrogens (tertiary/aromatic N) is 3. The number of H-pyrrole nitrogens is 1. The van der Waals surface area contributed by atoms with Gasteiger partial charge in [-0.25, -0.2) is 4.98 Å². The first-order valence-electron chi connectivity index (χ1n) is 11.2. The zero-order chi connectivity index (χ0) is 22.6. The van der Waals surface area contributed by atoms with E-state index in [4.69, 9.17) is 0 Å². The van der Waals surface area contributed by atoms with E-state index in [0.717, 1.165) is 48.0 Å². The lowest BCUT2D eigenvalue weighted by molar-refractivity contribution is -0.121. The molecule has 4 aromatic rings. The predicted octanol–water partition coefficient (Wildman–Crippen LogP) is 2.80. The van der Waals surface area contributed by atoms with Crippen molar-refractivity contribution in [2.75, 3.05) is 5.32 Å². The second kappa shape index (κ2) is 9.28. The van der Waals surface area contributed by atoms with Crippen LogP contribution < -0.4 is 16.2 Å². The van der Waals surface area contributed by atoms with Gasteiger partial charge < -0.3 is 15.6 Å². The molecule has 4 heterocycles. The van der Waals surface area contributed by atoms with Gasteiger partial charge >= 0.3 is 0 Å². The number of rotatable bonds is 7. The third-order valence-electron chi connectivity index (χ3n) is 6.09. The molecule has 0 saturated heterocycles. The third-order valence-corrected chi connectivity index (χ3v) is 6.09. The van der Waals surface area contributed by atoms with Crippen molar-refractivity contribution in [1.82, 2.24) is 24.8 Å². The Morgan fingerprint density at radius 1 is 1.21 bits per heavy atom. The number of amides is 1. The van der Waals surface area contributed by atoms with Crippen molar-refractivity contribution in [2.24, 2.45) is 0 Å². The van der Waals surface area contributed by atoms with Gasteiger partial charge in [-0.2, -0.15) is 0 Å². The zero-order valence-corrected chi connectivity index (χ0v) is 18.3. The van der Waals surface area contributed by atoms with Gasteiger partial charge in [-0.15, -0.1) is 0 Å². The molecular weight excluding hydrogens is 416 g/mol. The minimum atomic E-state index is -0.243. The van der Waals surface area contributed by atoms with Crippen LogP contribution >= 0.6 is 0 Å². The van der Waals surface area contributed by atoms with Crippen molar-refractivity contribution in [3.05, 3.63) is 88.5 Å². The topological polar surface area (TPSA) is 105 Å². The maximum Gasteiger partial charge on any atom is 0.277 e. The molecule has 1 atom stereocenters. The first-order chi connectivity index (χ1) is 16.2. The van der Waals surface area contributed by atoms with Gasteiger partial charge in [0.1, 0.15) is 12.2 Å². The minimum Gasteiger partial charge on any atom is -0.376 e. The molecule has 0 bridgehead atoms. The number of anilines is 1. The van der Waals surface area contributed by atoms with E-state index in [1.807, 2.05) is 30.3 Å². The second-order valence-electron chi connectivity index (χ2n) is 8.44. The van der Waals surface area contributed by atoms with Crippen molar-refractivity contribution < 1.29 is 4.79 Å². The molecule has 0 saturated carbocycles. The lowest BCUT2D eigenvalue weighted by atomic mass is 9.97. The molecule has 0 aliphatic carbocycles. The van der Waals surface area contributed by atoms with Gasteiger partial charge in [0.2, 0.25) is 5.91 Å². The maximum absolute atomic E-state index is 13.0. The average molecular weight is 443 g/mol. The zero-order valence-electron chi connectivity index (χ0n) is 18.3. The van der Waals surface area contributed by atoms with Crippen molar-refractivity contribution in [2.45, 2.75) is 44.8 Å². The van der Waals surface area contributed by atoms with Gasteiger partial charge in [0, 0.05) is 35.0 Å². The number of nitrogens with one attached hydrogen (secondary N) is 3. The highest BCUT2D eigenvalue weighted by Gasteiger charge is 2.22. The fourth-order valence-electron chi connectivity index (χ4n) is 4.29. The molecule has 3 aromatic heterocycles. The quantitative estimate of drug-likeness (QED) is 0.408. The maximum atomic E-state index is 13.0. The Balaban J connectivity index is 1.20.